The van der Waals surface area contributed by atoms with Crippen molar-refractivity contribution in [1.29, 1.82) is 0 Å². The van der Waals surface area contributed by atoms with Crippen LogP contribution in [-0.2, 0) is 44.9 Å². The summed E-state index contributed by atoms with van der Waals surface area (Å²) in [5, 5.41) is 0. The molecule has 4 heterocycles. The van der Waals surface area contributed by atoms with Gasteiger partial charge in [0.15, 0.2) is 10.4 Å². The molecule has 0 aromatic carbocycles. The van der Waals surface area contributed by atoms with E-state index in [1.165, 1.54) is 18.8 Å². The molecule has 2 aliphatic rings. The maximum absolute atomic E-state index is 11.5. The molecule has 11 nitrogen and oxygen atoms in total. The van der Waals surface area contributed by atoms with Gasteiger partial charge in [-0.25, -0.2) is 19.4 Å². The maximum Gasteiger partial charge on any atom is 0.358 e. The van der Waals surface area contributed by atoms with Crippen molar-refractivity contribution in [1.82, 2.24) is 19.1 Å². The van der Waals surface area contributed by atoms with Gasteiger partial charge in [0, 0.05) is 19.4 Å². The third-order valence-electron chi connectivity index (χ3n) is 4.77. The number of imidazole rings is 2. The number of aromatic nitrogens is 4. The number of H-pyrrole nitrogens is 1. The van der Waals surface area contributed by atoms with Crippen LogP contribution in [0.15, 0.2) is 9.53 Å². The molecule has 0 radical (unpaired) electrons. The Hall–Kier alpha value is -2.44. The normalized spacial score (nSPS) is 15.6. The van der Waals surface area contributed by atoms with Gasteiger partial charge in [0.05, 0.1) is 58.6 Å². The Kier molecular flexibility index (Phi) is 7.45. The van der Waals surface area contributed by atoms with Gasteiger partial charge in [-0.1, -0.05) is 0 Å². The van der Waals surface area contributed by atoms with E-state index in [0.717, 1.165) is 5.69 Å². The summed E-state index contributed by atoms with van der Waals surface area (Å²) in [4.78, 5) is 41.0. The van der Waals surface area contributed by atoms with E-state index in [9.17, 15) is 14.4 Å². The molecule has 0 aliphatic carbocycles. The van der Waals surface area contributed by atoms with Crippen molar-refractivity contribution in [3.63, 3.8) is 0 Å². The number of halogens is 1. The molecule has 4 rings (SSSR count). The fraction of sp³-hybridized carbons (Fsp3) is 0.556. The highest BCUT2D eigenvalue weighted by atomic mass is 79.9. The zero-order valence-electron chi connectivity index (χ0n) is 16.7. The molecule has 0 spiro atoms. The smallest absolute Gasteiger partial charge is 0.358 e. The van der Waals surface area contributed by atoms with Gasteiger partial charge in [-0.05, 0) is 15.9 Å². The molecule has 30 heavy (non-hydrogen) atoms. The lowest BCUT2D eigenvalue weighted by atomic mass is 10.2. The molecule has 2 aliphatic heterocycles. The van der Waals surface area contributed by atoms with E-state index >= 15 is 0 Å². The molecule has 0 bridgehead atoms. The number of aromatic amines is 1. The second-order valence-corrected chi connectivity index (χ2v) is 7.15. The monoisotopic (exact) mass is 486 g/mol. The number of methoxy groups -OCH3 is 2. The number of rotatable bonds is 2. The predicted octanol–water partition coefficient (Wildman–Crippen LogP) is 0.541. The summed E-state index contributed by atoms with van der Waals surface area (Å²) >= 11 is 3.32. The van der Waals surface area contributed by atoms with Gasteiger partial charge in [-0.15, -0.1) is 0 Å². The third kappa shape index (κ3) is 4.65. The summed E-state index contributed by atoms with van der Waals surface area (Å²) in [5.74, 6) is -0.908. The molecule has 0 amide bonds. The van der Waals surface area contributed by atoms with Crippen LogP contribution >= 0.6 is 15.9 Å². The summed E-state index contributed by atoms with van der Waals surface area (Å²) < 4.78 is 24.0. The average Bonchev–Trinajstić information content (AvgIpc) is 3.03. The molecule has 0 unspecified atom stereocenters. The van der Waals surface area contributed by atoms with Crippen LogP contribution in [0.5, 0.6) is 0 Å². The largest absolute Gasteiger partial charge is 0.464 e. The van der Waals surface area contributed by atoms with Gasteiger partial charge >= 0.3 is 17.6 Å². The fourth-order valence-corrected chi connectivity index (χ4v) is 3.89. The summed E-state index contributed by atoms with van der Waals surface area (Å²) in [6, 6.07) is 0. The Balaban J connectivity index is 0.000000171. The van der Waals surface area contributed by atoms with Gasteiger partial charge in [-0.2, -0.15) is 0 Å². The van der Waals surface area contributed by atoms with Crippen molar-refractivity contribution in [2.24, 2.45) is 0 Å². The van der Waals surface area contributed by atoms with E-state index in [2.05, 4.69) is 35.4 Å². The second-order valence-electron chi connectivity index (χ2n) is 6.44. The van der Waals surface area contributed by atoms with E-state index in [4.69, 9.17) is 9.47 Å². The Bertz CT molecular complexity index is 978. The molecule has 2 aromatic heterocycles. The highest BCUT2D eigenvalue weighted by Gasteiger charge is 2.23. The number of ether oxygens (including phenoxy) is 4. The second kappa shape index (κ2) is 10.0. The number of hydrogen-bond donors (Lipinski definition) is 1. The number of nitrogens with zero attached hydrogens (tertiary/aromatic N) is 3. The number of fused-ring (bicyclic) bond motifs is 2. The van der Waals surface area contributed by atoms with Gasteiger partial charge in [0.25, 0.3) is 0 Å². The first-order valence-corrected chi connectivity index (χ1v) is 10.2. The summed E-state index contributed by atoms with van der Waals surface area (Å²) in [6.45, 7) is 3.44. The standard InChI is InChI=1S/C9H11BrN2O3.C9H12N2O4/c1-14-8(13)7-6-2-4-15-5-3-12(6)9(10)11-7;1-14-8(12)7-6-2-4-15-5-3-11(6)9(13)10-7/h2-5H2,1H3;2-5H2,1H3,(H,10,13). The van der Waals surface area contributed by atoms with E-state index in [1.54, 1.807) is 0 Å². The molecular formula is C18H23BrN4O7. The lowest BCUT2D eigenvalue weighted by Gasteiger charge is -2.03. The van der Waals surface area contributed by atoms with Crippen LogP contribution in [-0.4, -0.2) is 71.7 Å². The predicted molar refractivity (Wildman–Crippen MR) is 107 cm³/mol. The molecule has 1 N–H and O–H groups in total. The van der Waals surface area contributed by atoms with Crippen LogP contribution in [0.1, 0.15) is 32.4 Å². The van der Waals surface area contributed by atoms with Crippen LogP contribution in [0.4, 0.5) is 0 Å². The van der Waals surface area contributed by atoms with E-state index in [1.807, 2.05) is 4.57 Å². The Morgan fingerprint density at radius 3 is 2.20 bits per heavy atom. The highest BCUT2D eigenvalue weighted by molar-refractivity contribution is 9.10. The molecular weight excluding hydrogens is 464 g/mol. The summed E-state index contributed by atoms with van der Waals surface area (Å²) in [6.07, 6.45) is 1.23. The minimum atomic E-state index is -0.511. The van der Waals surface area contributed by atoms with Crippen molar-refractivity contribution in [3.8, 4) is 0 Å². The number of hydrogen-bond acceptors (Lipinski definition) is 8. The summed E-state index contributed by atoms with van der Waals surface area (Å²) in [5.41, 5.74) is 1.90. The van der Waals surface area contributed by atoms with Crippen molar-refractivity contribution >= 4 is 27.9 Å². The molecule has 0 atom stereocenters. The van der Waals surface area contributed by atoms with Gasteiger partial charge in [0.2, 0.25) is 0 Å². The van der Waals surface area contributed by atoms with E-state index in [0.29, 0.717) is 68.5 Å². The molecule has 12 heteroatoms. The van der Waals surface area contributed by atoms with Crippen molar-refractivity contribution in [2.45, 2.75) is 25.9 Å². The molecule has 0 saturated carbocycles. The van der Waals surface area contributed by atoms with Gasteiger partial charge in [0.1, 0.15) is 5.69 Å². The average molecular weight is 487 g/mol. The van der Waals surface area contributed by atoms with Gasteiger partial charge < -0.3 is 23.5 Å². The van der Waals surface area contributed by atoms with Crippen LogP contribution in [0, 0.1) is 0 Å². The van der Waals surface area contributed by atoms with Gasteiger partial charge in [-0.3, -0.25) is 9.55 Å². The minimum absolute atomic E-state index is 0.244. The van der Waals surface area contributed by atoms with Crippen LogP contribution in [0.3, 0.4) is 0 Å². The number of nitrogens with one attached hydrogen (secondary N) is 1. The van der Waals surface area contributed by atoms with E-state index in [-0.39, 0.29) is 11.4 Å². The number of carbonyl (C=O) groups is 2. The molecule has 0 saturated heterocycles. The highest BCUT2D eigenvalue weighted by Crippen LogP contribution is 2.20. The van der Waals surface area contributed by atoms with Crippen molar-refractivity contribution in [2.75, 3.05) is 40.6 Å². The fourth-order valence-electron chi connectivity index (χ4n) is 3.32. The zero-order valence-corrected chi connectivity index (χ0v) is 18.3. The zero-order chi connectivity index (χ0) is 21.7. The number of esters is 2. The first-order chi connectivity index (χ1) is 14.5. The van der Waals surface area contributed by atoms with Crippen molar-refractivity contribution < 1.29 is 28.5 Å². The Morgan fingerprint density at radius 2 is 1.57 bits per heavy atom. The first kappa shape index (κ1) is 22.2. The molecule has 0 fully saturated rings. The van der Waals surface area contributed by atoms with Crippen LogP contribution in [0.2, 0.25) is 0 Å². The van der Waals surface area contributed by atoms with E-state index < -0.39 is 11.9 Å². The quantitative estimate of drug-likeness (QED) is 0.609. The van der Waals surface area contributed by atoms with Crippen molar-refractivity contribution in [3.05, 3.63) is 38.0 Å². The third-order valence-corrected chi connectivity index (χ3v) is 5.38. The maximum atomic E-state index is 11.5. The first-order valence-electron chi connectivity index (χ1n) is 9.36. The Labute approximate surface area is 180 Å². The molecule has 2 aromatic rings. The summed E-state index contributed by atoms with van der Waals surface area (Å²) in [7, 11) is 2.65. The lowest BCUT2D eigenvalue weighted by molar-refractivity contribution is 0.0583. The minimum Gasteiger partial charge on any atom is -0.464 e. The van der Waals surface area contributed by atoms with Crippen LogP contribution < -0.4 is 5.69 Å². The number of carbonyl (C=O) groups excluding carboxylic acids is 2. The van der Waals surface area contributed by atoms with Crippen LogP contribution in [0.25, 0.3) is 0 Å². The topological polar surface area (TPSA) is 127 Å². The Morgan fingerprint density at radius 1 is 0.967 bits per heavy atom. The lowest BCUT2D eigenvalue weighted by Crippen LogP contribution is -2.19. The SMILES string of the molecule is COC(=O)c1[nH]c(=O)n2c1CCOCC2.COC(=O)c1nc(Br)n2c1CCOCC2. The molecule has 164 valence electrons.